The van der Waals surface area contributed by atoms with Crippen LogP contribution in [0.4, 0.5) is 5.69 Å². The number of rotatable bonds is 5. The van der Waals surface area contributed by atoms with Gasteiger partial charge in [0.25, 0.3) is 10.0 Å². The summed E-state index contributed by atoms with van der Waals surface area (Å²) in [6.07, 6.45) is 3.06. The van der Waals surface area contributed by atoms with Gasteiger partial charge in [0.1, 0.15) is 4.90 Å². The monoisotopic (exact) mass is 355 g/mol. The number of benzene rings is 1. The van der Waals surface area contributed by atoms with Crippen LogP contribution in [0.25, 0.3) is 0 Å². The van der Waals surface area contributed by atoms with E-state index < -0.39 is 10.0 Å². The second kappa shape index (κ2) is 6.34. The SMILES string of the molecule is CNCc1ccc(S(=O)(=O)Nc2ccncc2)c(Br)c1. The maximum atomic E-state index is 12.3. The number of sulfonamides is 1. The van der Waals surface area contributed by atoms with Crippen LogP contribution in [0.5, 0.6) is 0 Å². The van der Waals surface area contributed by atoms with Crippen LogP contribution in [0.2, 0.25) is 0 Å². The zero-order valence-corrected chi connectivity index (χ0v) is 13.2. The molecule has 1 aromatic carbocycles. The maximum Gasteiger partial charge on any atom is 0.263 e. The lowest BCUT2D eigenvalue weighted by atomic mass is 10.2. The number of nitrogens with zero attached hydrogens (tertiary/aromatic N) is 1. The molecule has 2 aromatic rings. The van der Waals surface area contributed by atoms with Gasteiger partial charge < -0.3 is 5.32 Å². The zero-order chi connectivity index (χ0) is 14.6. The fourth-order valence-corrected chi connectivity index (χ4v) is 3.89. The van der Waals surface area contributed by atoms with Crippen LogP contribution in [0.15, 0.2) is 52.1 Å². The molecule has 0 spiro atoms. The summed E-state index contributed by atoms with van der Waals surface area (Å²) in [5.74, 6) is 0. The molecule has 20 heavy (non-hydrogen) atoms. The topological polar surface area (TPSA) is 71.1 Å². The summed E-state index contributed by atoms with van der Waals surface area (Å²) < 4.78 is 27.7. The van der Waals surface area contributed by atoms with Crippen LogP contribution < -0.4 is 10.0 Å². The van der Waals surface area contributed by atoms with E-state index in [9.17, 15) is 8.42 Å². The summed E-state index contributed by atoms with van der Waals surface area (Å²) in [5, 5.41) is 3.02. The standard InChI is InChI=1S/C13H14BrN3O2S/c1-15-9-10-2-3-13(12(14)8-10)20(18,19)17-11-4-6-16-7-5-11/h2-8,15H,9H2,1H3,(H,16,17). The molecule has 2 N–H and O–H groups in total. The third-order valence-corrected chi connectivity index (χ3v) is 4.96. The van der Waals surface area contributed by atoms with E-state index in [0.29, 0.717) is 16.7 Å². The maximum absolute atomic E-state index is 12.3. The summed E-state index contributed by atoms with van der Waals surface area (Å²) in [7, 11) is -1.78. The number of nitrogens with one attached hydrogen (secondary N) is 2. The molecular weight excluding hydrogens is 342 g/mol. The molecule has 0 saturated heterocycles. The quantitative estimate of drug-likeness (QED) is 0.863. The molecule has 2 rings (SSSR count). The fourth-order valence-electron chi connectivity index (χ4n) is 1.71. The highest BCUT2D eigenvalue weighted by Gasteiger charge is 2.17. The van der Waals surface area contributed by atoms with Crippen LogP contribution in [0.1, 0.15) is 5.56 Å². The molecule has 0 bridgehead atoms. The molecule has 5 nitrogen and oxygen atoms in total. The molecular formula is C13H14BrN3O2S. The van der Waals surface area contributed by atoms with Gasteiger partial charge in [0.2, 0.25) is 0 Å². The molecule has 7 heteroatoms. The van der Waals surface area contributed by atoms with Gasteiger partial charge in [-0.3, -0.25) is 9.71 Å². The van der Waals surface area contributed by atoms with E-state index in [1.807, 2.05) is 7.05 Å². The number of pyridine rings is 1. The number of hydrogen-bond acceptors (Lipinski definition) is 4. The molecule has 0 amide bonds. The Labute approximate surface area is 126 Å². The van der Waals surface area contributed by atoms with Gasteiger partial charge in [0.15, 0.2) is 0 Å². The van der Waals surface area contributed by atoms with Crippen LogP contribution in [-0.2, 0) is 16.6 Å². The molecule has 0 aliphatic rings. The molecule has 1 heterocycles. The molecule has 0 unspecified atom stereocenters. The van der Waals surface area contributed by atoms with Gasteiger partial charge in [0.05, 0.1) is 5.69 Å². The minimum Gasteiger partial charge on any atom is -0.316 e. The molecule has 0 aliphatic carbocycles. The first-order chi connectivity index (χ1) is 9.53. The van der Waals surface area contributed by atoms with Crippen molar-refractivity contribution in [2.75, 3.05) is 11.8 Å². The van der Waals surface area contributed by atoms with Crippen molar-refractivity contribution in [3.8, 4) is 0 Å². The van der Waals surface area contributed by atoms with E-state index >= 15 is 0 Å². The van der Waals surface area contributed by atoms with Gasteiger partial charge in [-0.25, -0.2) is 8.42 Å². The lowest BCUT2D eigenvalue weighted by molar-refractivity contribution is 0.600. The van der Waals surface area contributed by atoms with Gasteiger partial charge in [-0.05, 0) is 52.8 Å². The van der Waals surface area contributed by atoms with Gasteiger partial charge in [-0.15, -0.1) is 0 Å². The Morgan fingerprint density at radius 1 is 1.20 bits per heavy atom. The van der Waals surface area contributed by atoms with Crippen LogP contribution in [0, 0.1) is 0 Å². The van der Waals surface area contributed by atoms with Crippen molar-refractivity contribution >= 4 is 31.6 Å². The van der Waals surface area contributed by atoms with Gasteiger partial charge >= 0.3 is 0 Å². The summed E-state index contributed by atoms with van der Waals surface area (Å²) >= 11 is 3.31. The van der Waals surface area contributed by atoms with E-state index in [2.05, 4.69) is 31.0 Å². The molecule has 1 aromatic heterocycles. The van der Waals surface area contributed by atoms with Crippen molar-refractivity contribution in [1.82, 2.24) is 10.3 Å². The molecule has 0 fully saturated rings. The highest BCUT2D eigenvalue weighted by molar-refractivity contribution is 9.10. The van der Waals surface area contributed by atoms with Crippen molar-refractivity contribution in [1.29, 1.82) is 0 Å². The Kier molecular flexibility index (Phi) is 4.74. The van der Waals surface area contributed by atoms with Gasteiger partial charge in [-0.2, -0.15) is 0 Å². The highest BCUT2D eigenvalue weighted by Crippen LogP contribution is 2.25. The van der Waals surface area contributed by atoms with Gasteiger partial charge in [-0.1, -0.05) is 6.07 Å². The second-order valence-corrected chi connectivity index (χ2v) is 6.64. The predicted octanol–water partition coefficient (Wildman–Crippen LogP) is 2.36. The Hall–Kier alpha value is -1.44. The van der Waals surface area contributed by atoms with Crippen molar-refractivity contribution in [2.45, 2.75) is 11.4 Å². The average Bonchev–Trinajstić information content (AvgIpc) is 2.39. The van der Waals surface area contributed by atoms with Gasteiger partial charge in [0, 0.05) is 23.4 Å². The summed E-state index contributed by atoms with van der Waals surface area (Å²) in [5.41, 5.74) is 1.48. The lowest BCUT2D eigenvalue weighted by Crippen LogP contribution is -2.14. The molecule has 0 saturated carbocycles. The third-order valence-electron chi connectivity index (χ3n) is 2.60. The summed E-state index contributed by atoms with van der Waals surface area (Å²) in [6.45, 7) is 0.677. The number of hydrogen-bond donors (Lipinski definition) is 2. The van der Waals surface area contributed by atoms with E-state index in [0.717, 1.165) is 5.56 Å². The average molecular weight is 356 g/mol. The largest absolute Gasteiger partial charge is 0.316 e. The van der Waals surface area contributed by atoms with E-state index in [4.69, 9.17) is 0 Å². The Morgan fingerprint density at radius 3 is 2.50 bits per heavy atom. The van der Waals surface area contributed by atoms with E-state index in [-0.39, 0.29) is 4.90 Å². The Bertz CT molecular complexity index is 690. The van der Waals surface area contributed by atoms with Crippen molar-refractivity contribution in [3.63, 3.8) is 0 Å². The summed E-state index contributed by atoms with van der Waals surface area (Å²) in [4.78, 5) is 4.05. The summed E-state index contributed by atoms with van der Waals surface area (Å²) in [6, 6.07) is 8.35. The van der Waals surface area contributed by atoms with E-state index in [1.165, 1.54) is 12.4 Å². The fraction of sp³-hybridized carbons (Fsp3) is 0.154. The minimum atomic E-state index is -3.62. The Morgan fingerprint density at radius 2 is 1.90 bits per heavy atom. The van der Waals surface area contributed by atoms with Crippen molar-refractivity contribution in [3.05, 3.63) is 52.8 Å². The van der Waals surface area contributed by atoms with Crippen molar-refractivity contribution in [2.24, 2.45) is 0 Å². The van der Waals surface area contributed by atoms with Crippen molar-refractivity contribution < 1.29 is 8.42 Å². The number of anilines is 1. The first kappa shape index (κ1) is 15.0. The van der Waals surface area contributed by atoms with Crippen LogP contribution >= 0.6 is 15.9 Å². The first-order valence-electron chi connectivity index (χ1n) is 5.89. The molecule has 106 valence electrons. The Balaban J connectivity index is 2.30. The lowest BCUT2D eigenvalue weighted by Gasteiger charge is -2.10. The smallest absolute Gasteiger partial charge is 0.263 e. The number of aromatic nitrogens is 1. The minimum absolute atomic E-state index is 0.203. The first-order valence-corrected chi connectivity index (χ1v) is 8.16. The van der Waals surface area contributed by atoms with Crippen LogP contribution in [-0.4, -0.2) is 20.4 Å². The van der Waals surface area contributed by atoms with Crippen LogP contribution in [0.3, 0.4) is 0 Å². The normalized spacial score (nSPS) is 11.3. The molecule has 0 atom stereocenters. The molecule has 0 aliphatic heterocycles. The second-order valence-electron chi connectivity index (χ2n) is 4.14. The highest BCUT2D eigenvalue weighted by atomic mass is 79.9. The third kappa shape index (κ3) is 3.56. The molecule has 0 radical (unpaired) electrons. The number of halogens is 1. The van der Waals surface area contributed by atoms with E-state index in [1.54, 1.807) is 30.3 Å². The zero-order valence-electron chi connectivity index (χ0n) is 10.8. The predicted molar refractivity (Wildman–Crippen MR) is 82.0 cm³/mol.